The molecule has 3 aromatic rings. The van der Waals surface area contributed by atoms with Crippen LogP contribution in [-0.4, -0.2) is 16.1 Å². The first-order valence-electron chi connectivity index (χ1n) is 8.19. The van der Waals surface area contributed by atoms with Gasteiger partial charge < -0.3 is 14.8 Å². The SMILES string of the molecule is Cc1ccc(Cl)c2c1OC(c1ccc(-c3ccc(C(=O)O)cc3)[nH]1)C=C2. The average molecular weight is 366 g/mol. The van der Waals surface area contributed by atoms with Gasteiger partial charge in [0.2, 0.25) is 0 Å². The number of aryl methyl sites for hydroxylation is 1. The number of nitrogens with one attached hydrogen (secondary N) is 1. The van der Waals surface area contributed by atoms with Gasteiger partial charge in [-0.1, -0.05) is 29.8 Å². The highest BCUT2D eigenvalue weighted by atomic mass is 35.5. The molecule has 4 rings (SSSR count). The number of carbonyl (C=O) groups is 1. The molecule has 1 aliphatic rings. The molecule has 1 aliphatic heterocycles. The fourth-order valence-corrected chi connectivity index (χ4v) is 3.26. The highest BCUT2D eigenvalue weighted by Crippen LogP contribution is 2.39. The molecular weight excluding hydrogens is 350 g/mol. The molecule has 0 amide bonds. The van der Waals surface area contributed by atoms with Crippen molar-refractivity contribution in [3.63, 3.8) is 0 Å². The molecule has 2 aromatic carbocycles. The second kappa shape index (κ2) is 6.39. The molecule has 2 heterocycles. The Morgan fingerprint density at radius 1 is 1.12 bits per heavy atom. The van der Waals surface area contributed by atoms with Gasteiger partial charge in [-0.25, -0.2) is 4.79 Å². The van der Waals surface area contributed by atoms with E-state index in [1.54, 1.807) is 24.3 Å². The van der Waals surface area contributed by atoms with E-state index in [1.165, 1.54) is 0 Å². The Balaban J connectivity index is 1.61. The number of aromatic nitrogens is 1. The minimum atomic E-state index is -0.933. The predicted octanol–water partition coefficient (Wildman–Crippen LogP) is 5.49. The average Bonchev–Trinajstić information content (AvgIpc) is 3.15. The summed E-state index contributed by atoms with van der Waals surface area (Å²) >= 11 is 6.25. The molecule has 130 valence electrons. The molecule has 0 radical (unpaired) electrons. The molecular formula is C21H16ClNO3. The lowest BCUT2D eigenvalue weighted by atomic mass is 10.0. The number of hydrogen-bond donors (Lipinski definition) is 2. The number of aromatic amines is 1. The van der Waals surface area contributed by atoms with Crippen molar-refractivity contribution in [2.45, 2.75) is 13.0 Å². The van der Waals surface area contributed by atoms with Crippen LogP contribution in [0.3, 0.4) is 0 Å². The van der Waals surface area contributed by atoms with Crippen LogP contribution in [0.4, 0.5) is 0 Å². The van der Waals surface area contributed by atoms with Crippen LogP contribution in [0.5, 0.6) is 5.75 Å². The molecule has 0 saturated heterocycles. The fraction of sp³-hybridized carbons (Fsp3) is 0.0952. The van der Waals surface area contributed by atoms with Crippen LogP contribution in [0.2, 0.25) is 5.02 Å². The van der Waals surface area contributed by atoms with Crippen LogP contribution >= 0.6 is 11.6 Å². The number of hydrogen-bond acceptors (Lipinski definition) is 2. The number of H-pyrrole nitrogens is 1. The van der Waals surface area contributed by atoms with E-state index in [9.17, 15) is 4.79 Å². The van der Waals surface area contributed by atoms with Crippen molar-refractivity contribution in [1.82, 2.24) is 4.98 Å². The van der Waals surface area contributed by atoms with Crippen molar-refractivity contribution in [2.75, 3.05) is 0 Å². The molecule has 1 unspecified atom stereocenters. The van der Waals surface area contributed by atoms with Crippen LogP contribution in [0.15, 0.2) is 54.6 Å². The third-order valence-electron chi connectivity index (χ3n) is 4.48. The number of ether oxygens (including phenoxy) is 1. The molecule has 1 atom stereocenters. The normalized spacial score (nSPS) is 15.4. The zero-order valence-corrected chi connectivity index (χ0v) is 14.7. The van der Waals surface area contributed by atoms with Gasteiger partial charge >= 0.3 is 5.97 Å². The van der Waals surface area contributed by atoms with Gasteiger partial charge in [-0.15, -0.1) is 0 Å². The maximum Gasteiger partial charge on any atom is 0.335 e. The lowest BCUT2D eigenvalue weighted by Crippen LogP contribution is -2.10. The summed E-state index contributed by atoms with van der Waals surface area (Å²) in [7, 11) is 0. The minimum absolute atomic E-state index is 0.230. The molecule has 26 heavy (non-hydrogen) atoms. The maximum atomic E-state index is 11.0. The first-order valence-corrected chi connectivity index (χ1v) is 8.57. The molecule has 0 fully saturated rings. The smallest absolute Gasteiger partial charge is 0.335 e. The number of carboxylic acids is 1. The molecule has 2 N–H and O–H groups in total. The van der Waals surface area contributed by atoms with Gasteiger partial charge in [-0.3, -0.25) is 0 Å². The first-order chi connectivity index (χ1) is 12.5. The molecule has 0 bridgehead atoms. The molecule has 0 saturated carbocycles. The van der Waals surface area contributed by atoms with Crippen molar-refractivity contribution in [3.05, 3.63) is 82.0 Å². The number of carboxylic acid groups (broad SMARTS) is 1. The summed E-state index contributed by atoms with van der Waals surface area (Å²) in [6.07, 6.45) is 3.73. The Labute approximate surface area is 155 Å². The van der Waals surface area contributed by atoms with Crippen LogP contribution in [0, 0.1) is 6.92 Å². The number of halogens is 1. The summed E-state index contributed by atoms with van der Waals surface area (Å²) in [6.45, 7) is 2.00. The highest BCUT2D eigenvalue weighted by Gasteiger charge is 2.21. The third-order valence-corrected chi connectivity index (χ3v) is 4.81. The number of fused-ring (bicyclic) bond motifs is 1. The maximum absolute atomic E-state index is 11.0. The van der Waals surface area contributed by atoms with E-state index >= 15 is 0 Å². The quantitative estimate of drug-likeness (QED) is 0.645. The van der Waals surface area contributed by atoms with E-state index < -0.39 is 5.97 Å². The van der Waals surface area contributed by atoms with E-state index in [0.29, 0.717) is 5.02 Å². The van der Waals surface area contributed by atoms with E-state index in [0.717, 1.165) is 33.8 Å². The van der Waals surface area contributed by atoms with Crippen LogP contribution in [0.25, 0.3) is 17.3 Å². The van der Waals surface area contributed by atoms with Gasteiger partial charge in [-0.05, 0) is 60.5 Å². The van der Waals surface area contributed by atoms with Gasteiger partial charge in [0, 0.05) is 11.3 Å². The van der Waals surface area contributed by atoms with Gasteiger partial charge in [0.25, 0.3) is 0 Å². The summed E-state index contributed by atoms with van der Waals surface area (Å²) in [5.74, 6) is -0.135. The first kappa shape index (κ1) is 16.5. The summed E-state index contributed by atoms with van der Waals surface area (Å²) in [4.78, 5) is 14.3. The Hall–Kier alpha value is -2.98. The van der Waals surface area contributed by atoms with E-state index in [1.807, 2.05) is 43.3 Å². The number of aromatic carboxylic acids is 1. The topological polar surface area (TPSA) is 62.3 Å². The summed E-state index contributed by atoms with van der Waals surface area (Å²) in [5.41, 5.74) is 4.95. The van der Waals surface area contributed by atoms with Crippen LogP contribution in [-0.2, 0) is 0 Å². The summed E-state index contributed by atoms with van der Waals surface area (Å²) in [5, 5.41) is 9.67. The zero-order valence-electron chi connectivity index (χ0n) is 14.0. The standard InChI is InChI=1S/C21H16ClNO3/c1-12-2-8-16(22)15-7-11-19(26-20(12)15)18-10-9-17(23-18)13-3-5-14(6-4-13)21(24)25/h2-11,19,23H,1H3,(H,24,25). The fourth-order valence-electron chi connectivity index (χ4n) is 3.05. The summed E-state index contributed by atoms with van der Waals surface area (Å²) in [6, 6.07) is 14.5. The van der Waals surface area contributed by atoms with E-state index in [2.05, 4.69) is 4.98 Å². The molecule has 1 aromatic heterocycles. The molecule has 4 nitrogen and oxygen atoms in total. The van der Waals surface area contributed by atoms with Crippen molar-refractivity contribution in [2.24, 2.45) is 0 Å². The lowest BCUT2D eigenvalue weighted by Gasteiger charge is -2.23. The molecule has 5 heteroatoms. The van der Waals surface area contributed by atoms with Crippen LogP contribution < -0.4 is 4.74 Å². The van der Waals surface area contributed by atoms with Crippen molar-refractivity contribution < 1.29 is 14.6 Å². The largest absolute Gasteiger partial charge is 0.479 e. The Kier molecular flexibility index (Phi) is 4.05. The Bertz CT molecular complexity index is 1020. The highest BCUT2D eigenvalue weighted by molar-refractivity contribution is 6.32. The van der Waals surface area contributed by atoms with Crippen molar-refractivity contribution in [1.29, 1.82) is 0 Å². The van der Waals surface area contributed by atoms with Crippen LogP contribution in [0.1, 0.15) is 33.3 Å². The number of benzene rings is 2. The van der Waals surface area contributed by atoms with Crippen molar-refractivity contribution in [3.8, 4) is 17.0 Å². The predicted molar refractivity (Wildman–Crippen MR) is 102 cm³/mol. The lowest BCUT2D eigenvalue weighted by molar-refractivity contribution is 0.0697. The van der Waals surface area contributed by atoms with E-state index in [-0.39, 0.29) is 11.7 Å². The van der Waals surface area contributed by atoms with Gasteiger partial charge in [0.15, 0.2) is 6.10 Å². The monoisotopic (exact) mass is 365 g/mol. The zero-order chi connectivity index (χ0) is 18.3. The van der Waals surface area contributed by atoms with Gasteiger partial charge in [-0.2, -0.15) is 0 Å². The Morgan fingerprint density at radius 2 is 1.88 bits per heavy atom. The molecule has 0 spiro atoms. The third kappa shape index (κ3) is 2.89. The van der Waals surface area contributed by atoms with Gasteiger partial charge in [0.1, 0.15) is 5.75 Å². The molecule has 0 aliphatic carbocycles. The minimum Gasteiger partial charge on any atom is -0.479 e. The second-order valence-corrected chi connectivity index (χ2v) is 6.62. The van der Waals surface area contributed by atoms with E-state index in [4.69, 9.17) is 21.4 Å². The van der Waals surface area contributed by atoms with Gasteiger partial charge in [0.05, 0.1) is 16.3 Å². The Morgan fingerprint density at radius 3 is 2.62 bits per heavy atom. The number of rotatable bonds is 3. The van der Waals surface area contributed by atoms with Crippen molar-refractivity contribution >= 4 is 23.6 Å². The second-order valence-electron chi connectivity index (χ2n) is 6.21. The summed E-state index contributed by atoms with van der Waals surface area (Å²) < 4.78 is 6.15.